The Labute approximate surface area is 180 Å². The zero-order chi connectivity index (χ0) is 21.8. The highest BCUT2D eigenvalue weighted by atomic mass is 19.1. The van der Waals surface area contributed by atoms with E-state index in [-0.39, 0.29) is 36.8 Å². The number of hydrogen-bond donors (Lipinski definition) is 2. The van der Waals surface area contributed by atoms with Gasteiger partial charge in [-0.05, 0) is 36.1 Å². The molecule has 2 fully saturated rings. The van der Waals surface area contributed by atoms with Crippen molar-refractivity contribution in [3.05, 3.63) is 71.5 Å². The minimum Gasteiger partial charge on any atom is -0.351 e. The Bertz CT molecular complexity index is 957. The van der Waals surface area contributed by atoms with Crippen LogP contribution in [0.3, 0.4) is 0 Å². The summed E-state index contributed by atoms with van der Waals surface area (Å²) in [4.78, 5) is 41.0. The van der Waals surface area contributed by atoms with Gasteiger partial charge in [-0.2, -0.15) is 0 Å². The molecule has 4 rings (SSSR count). The highest BCUT2D eigenvalue weighted by Crippen LogP contribution is 2.30. The maximum absolute atomic E-state index is 13.0. The molecule has 1 spiro atoms. The van der Waals surface area contributed by atoms with Crippen LogP contribution in [0.2, 0.25) is 0 Å². The van der Waals surface area contributed by atoms with Gasteiger partial charge in [-0.1, -0.05) is 42.5 Å². The summed E-state index contributed by atoms with van der Waals surface area (Å²) in [5.74, 6) is -0.636. The van der Waals surface area contributed by atoms with Crippen LogP contribution in [0.5, 0.6) is 0 Å². The molecule has 2 aromatic rings. The van der Waals surface area contributed by atoms with E-state index in [2.05, 4.69) is 10.6 Å². The molecule has 162 valence electrons. The maximum atomic E-state index is 13.0. The second-order valence-corrected chi connectivity index (χ2v) is 8.07. The van der Waals surface area contributed by atoms with E-state index < -0.39 is 5.54 Å². The van der Waals surface area contributed by atoms with E-state index in [0.717, 1.165) is 11.1 Å². The van der Waals surface area contributed by atoms with E-state index in [4.69, 9.17) is 0 Å². The molecule has 2 aliphatic heterocycles. The molecule has 2 saturated heterocycles. The Morgan fingerprint density at radius 3 is 2.35 bits per heavy atom. The van der Waals surface area contributed by atoms with Crippen molar-refractivity contribution < 1.29 is 18.8 Å². The van der Waals surface area contributed by atoms with Crippen molar-refractivity contribution in [1.29, 1.82) is 0 Å². The van der Waals surface area contributed by atoms with Gasteiger partial charge in [0.1, 0.15) is 11.4 Å². The SMILES string of the molecule is O=C(CN1CCC2(CC1)NC(=O)N(Cc1ccccc1)C2=O)NCc1ccc(F)cc1. The maximum Gasteiger partial charge on any atom is 0.325 e. The molecule has 0 aromatic heterocycles. The molecule has 0 radical (unpaired) electrons. The third kappa shape index (κ3) is 4.74. The number of imide groups is 1. The van der Waals surface area contributed by atoms with E-state index in [1.165, 1.54) is 17.0 Å². The van der Waals surface area contributed by atoms with Crippen molar-refractivity contribution in [3.63, 3.8) is 0 Å². The molecular weight excluding hydrogens is 399 g/mol. The summed E-state index contributed by atoms with van der Waals surface area (Å²) < 4.78 is 13.0. The fourth-order valence-electron chi connectivity index (χ4n) is 4.08. The number of rotatable bonds is 6. The molecule has 0 aliphatic carbocycles. The Balaban J connectivity index is 1.27. The van der Waals surface area contributed by atoms with Crippen molar-refractivity contribution in [2.45, 2.75) is 31.5 Å². The average Bonchev–Trinajstić information content (AvgIpc) is 3.00. The number of carbonyl (C=O) groups excluding carboxylic acids is 3. The topological polar surface area (TPSA) is 81.8 Å². The Hall–Kier alpha value is -3.26. The smallest absolute Gasteiger partial charge is 0.325 e. The lowest BCUT2D eigenvalue weighted by Crippen LogP contribution is -2.56. The number of carbonyl (C=O) groups is 3. The standard InChI is InChI=1S/C23H25FN4O3/c24-19-8-6-17(7-9-19)14-25-20(29)16-27-12-10-23(11-13-27)21(30)28(22(31)26-23)15-18-4-2-1-3-5-18/h1-9H,10-16H2,(H,25,29)(H,26,31). The van der Waals surface area contributed by atoms with Crippen molar-refractivity contribution in [1.82, 2.24) is 20.4 Å². The first-order valence-electron chi connectivity index (χ1n) is 10.4. The molecule has 31 heavy (non-hydrogen) atoms. The summed E-state index contributed by atoms with van der Waals surface area (Å²) in [6.45, 7) is 1.88. The van der Waals surface area contributed by atoms with Gasteiger partial charge in [0.25, 0.3) is 5.91 Å². The molecule has 0 unspecified atom stereocenters. The molecule has 8 heteroatoms. The summed E-state index contributed by atoms with van der Waals surface area (Å²) >= 11 is 0. The van der Waals surface area contributed by atoms with Crippen molar-refractivity contribution in [2.24, 2.45) is 0 Å². The number of urea groups is 1. The van der Waals surface area contributed by atoms with Gasteiger partial charge in [-0.25, -0.2) is 9.18 Å². The molecule has 0 atom stereocenters. The third-order valence-electron chi connectivity index (χ3n) is 5.91. The van der Waals surface area contributed by atoms with Gasteiger partial charge < -0.3 is 10.6 Å². The van der Waals surface area contributed by atoms with Gasteiger partial charge in [0, 0.05) is 19.6 Å². The monoisotopic (exact) mass is 424 g/mol. The van der Waals surface area contributed by atoms with Crippen molar-refractivity contribution >= 4 is 17.8 Å². The molecule has 2 aromatic carbocycles. The molecule has 2 heterocycles. The van der Waals surface area contributed by atoms with E-state index in [0.29, 0.717) is 32.5 Å². The van der Waals surface area contributed by atoms with Crippen LogP contribution in [0.25, 0.3) is 0 Å². The van der Waals surface area contributed by atoms with Crippen LogP contribution < -0.4 is 10.6 Å². The summed E-state index contributed by atoms with van der Waals surface area (Å²) in [6, 6.07) is 15.1. The molecule has 7 nitrogen and oxygen atoms in total. The minimum absolute atomic E-state index is 0.132. The Morgan fingerprint density at radius 1 is 1.00 bits per heavy atom. The summed E-state index contributed by atoms with van der Waals surface area (Å²) in [6.07, 6.45) is 0.933. The quantitative estimate of drug-likeness (QED) is 0.696. The number of piperidine rings is 1. The fraction of sp³-hybridized carbons (Fsp3) is 0.348. The fourth-order valence-corrected chi connectivity index (χ4v) is 4.08. The van der Waals surface area contributed by atoms with Gasteiger partial charge in [-0.3, -0.25) is 19.4 Å². The second-order valence-electron chi connectivity index (χ2n) is 8.07. The number of amides is 4. The summed E-state index contributed by atoms with van der Waals surface area (Å²) in [7, 11) is 0. The number of halogens is 1. The summed E-state index contributed by atoms with van der Waals surface area (Å²) in [5, 5.41) is 5.72. The first-order valence-corrected chi connectivity index (χ1v) is 10.4. The average molecular weight is 424 g/mol. The summed E-state index contributed by atoms with van der Waals surface area (Å²) in [5.41, 5.74) is 0.843. The molecular formula is C23H25FN4O3. The van der Waals surface area contributed by atoms with Gasteiger partial charge >= 0.3 is 6.03 Å². The van der Waals surface area contributed by atoms with Crippen LogP contribution in [0.4, 0.5) is 9.18 Å². The Morgan fingerprint density at radius 2 is 1.68 bits per heavy atom. The second kappa shape index (κ2) is 8.85. The van der Waals surface area contributed by atoms with Crippen LogP contribution in [0, 0.1) is 5.82 Å². The lowest BCUT2D eigenvalue weighted by Gasteiger charge is -2.36. The van der Waals surface area contributed by atoms with Crippen LogP contribution in [0.1, 0.15) is 24.0 Å². The van der Waals surface area contributed by atoms with Crippen molar-refractivity contribution in [3.8, 4) is 0 Å². The van der Waals surface area contributed by atoms with Crippen LogP contribution in [-0.2, 0) is 22.7 Å². The number of benzene rings is 2. The van der Waals surface area contributed by atoms with Crippen molar-refractivity contribution in [2.75, 3.05) is 19.6 Å². The lowest BCUT2D eigenvalue weighted by molar-refractivity contribution is -0.133. The van der Waals surface area contributed by atoms with Gasteiger partial charge in [0.2, 0.25) is 5.91 Å². The molecule has 4 amide bonds. The largest absolute Gasteiger partial charge is 0.351 e. The molecule has 2 N–H and O–H groups in total. The first kappa shape index (κ1) is 21.0. The van der Waals surface area contributed by atoms with E-state index in [9.17, 15) is 18.8 Å². The number of likely N-dealkylation sites (tertiary alicyclic amines) is 1. The Kier molecular flexibility index (Phi) is 5.99. The van der Waals surface area contributed by atoms with E-state index >= 15 is 0 Å². The number of nitrogens with zero attached hydrogens (tertiary/aromatic N) is 2. The predicted molar refractivity (Wildman–Crippen MR) is 112 cm³/mol. The minimum atomic E-state index is -0.882. The van der Waals surface area contributed by atoms with E-state index in [1.807, 2.05) is 35.2 Å². The van der Waals surface area contributed by atoms with Crippen LogP contribution in [0.15, 0.2) is 54.6 Å². The first-order chi connectivity index (χ1) is 14.9. The highest BCUT2D eigenvalue weighted by molar-refractivity contribution is 6.07. The highest BCUT2D eigenvalue weighted by Gasteiger charge is 2.52. The third-order valence-corrected chi connectivity index (χ3v) is 5.91. The van der Waals surface area contributed by atoms with Crippen LogP contribution in [-0.4, -0.2) is 52.8 Å². The lowest BCUT2D eigenvalue weighted by atomic mass is 9.87. The molecule has 0 saturated carbocycles. The van der Waals surface area contributed by atoms with Gasteiger partial charge in [0.15, 0.2) is 0 Å². The molecule has 0 bridgehead atoms. The molecule has 2 aliphatic rings. The zero-order valence-electron chi connectivity index (χ0n) is 17.1. The normalized spacial score (nSPS) is 18.3. The zero-order valence-corrected chi connectivity index (χ0v) is 17.1. The van der Waals surface area contributed by atoms with E-state index in [1.54, 1.807) is 12.1 Å². The number of nitrogens with one attached hydrogen (secondary N) is 2. The predicted octanol–water partition coefficient (Wildman–Crippen LogP) is 2.03. The van der Waals surface area contributed by atoms with Crippen LogP contribution >= 0.6 is 0 Å². The van der Waals surface area contributed by atoms with Gasteiger partial charge in [0.05, 0.1) is 13.1 Å². The number of hydrogen-bond acceptors (Lipinski definition) is 4. The van der Waals surface area contributed by atoms with Gasteiger partial charge in [-0.15, -0.1) is 0 Å².